The van der Waals surface area contributed by atoms with Gasteiger partial charge in [0.2, 0.25) is 5.91 Å². The highest BCUT2D eigenvalue weighted by Crippen LogP contribution is 2.19. The predicted molar refractivity (Wildman–Crippen MR) is 120 cm³/mol. The standard InChI is InChI=1S/C21H21N5O5S/c1-11-8-14(20(30)31-4)16-17(22-11)24-21(25-18(16)28)32-10-15(27)23-13-7-5-6-12(9-13)19(29)26(2)3/h5-9H,10H2,1-4H3,(H,23,27)(H,22,24,25,28). The average Bonchev–Trinajstić information content (AvgIpc) is 2.75. The molecule has 11 heteroatoms. The molecule has 2 amide bonds. The summed E-state index contributed by atoms with van der Waals surface area (Å²) in [6.07, 6.45) is 0. The van der Waals surface area contributed by atoms with Crippen LogP contribution in [0.4, 0.5) is 5.69 Å². The minimum absolute atomic E-state index is 0.0265. The summed E-state index contributed by atoms with van der Waals surface area (Å²) in [5.41, 5.74) is 1.03. The second-order valence-electron chi connectivity index (χ2n) is 6.99. The Hall–Kier alpha value is -3.73. The Morgan fingerprint density at radius 2 is 1.94 bits per heavy atom. The highest BCUT2D eigenvalue weighted by molar-refractivity contribution is 7.99. The highest BCUT2D eigenvalue weighted by Gasteiger charge is 2.18. The number of hydrogen-bond acceptors (Lipinski definition) is 8. The molecule has 0 atom stereocenters. The first-order chi connectivity index (χ1) is 15.2. The Morgan fingerprint density at radius 3 is 2.62 bits per heavy atom. The molecule has 0 aliphatic rings. The van der Waals surface area contributed by atoms with Gasteiger partial charge < -0.3 is 19.9 Å². The monoisotopic (exact) mass is 455 g/mol. The third-order valence-corrected chi connectivity index (χ3v) is 5.20. The van der Waals surface area contributed by atoms with E-state index in [0.29, 0.717) is 16.9 Å². The fraction of sp³-hybridized carbons (Fsp3) is 0.238. The summed E-state index contributed by atoms with van der Waals surface area (Å²) in [5, 5.41) is 2.92. The zero-order valence-corrected chi connectivity index (χ0v) is 18.7. The third-order valence-electron chi connectivity index (χ3n) is 4.33. The first kappa shape index (κ1) is 22.9. The van der Waals surface area contributed by atoms with Gasteiger partial charge in [-0.05, 0) is 31.2 Å². The lowest BCUT2D eigenvalue weighted by Gasteiger charge is -2.11. The Bertz CT molecular complexity index is 1270. The van der Waals surface area contributed by atoms with E-state index in [2.05, 4.69) is 20.3 Å². The number of pyridine rings is 1. The van der Waals surface area contributed by atoms with Crippen LogP contribution in [-0.4, -0.2) is 64.6 Å². The highest BCUT2D eigenvalue weighted by atomic mass is 32.2. The molecule has 2 aromatic heterocycles. The molecule has 0 aliphatic heterocycles. The van der Waals surface area contributed by atoms with Crippen molar-refractivity contribution in [2.45, 2.75) is 12.1 Å². The maximum Gasteiger partial charge on any atom is 0.338 e. The van der Waals surface area contributed by atoms with Crippen LogP contribution in [-0.2, 0) is 9.53 Å². The lowest BCUT2D eigenvalue weighted by molar-refractivity contribution is -0.113. The molecule has 2 heterocycles. The minimum Gasteiger partial charge on any atom is -0.465 e. The first-order valence-corrected chi connectivity index (χ1v) is 10.4. The van der Waals surface area contributed by atoms with Crippen LogP contribution in [0.2, 0.25) is 0 Å². The number of amides is 2. The number of nitrogens with one attached hydrogen (secondary N) is 2. The van der Waals surface area contributed by atoms with E-state index in [0.717, 1.165) is 11.8 Å². The van der Waals surface area contributed by atoms with Crippen LogP contribution in [0.1, 0.15) is 26.4 Å². The molecule has 0 saturated carbocycles. The quantitative estimate of drug-likeness (QED) is 0.327. The number of aromatic nitrogens is 3. The van der Waals surface area contributed by atoms with E-state index in [1.807, 2.05) is 0 Å². The second kappa shape index (κ2) is 9.60. The van der Waals surface area contributed by atoms with Crippen LogP contribution < -0.4 is 10.9 Å². The van der Waals surface area contributed by atoms with Gasteiger partial charge in [-0.1, -0.05) is 17.8 Å². The minimum atomic E-state index is -0.664. The van der Waals surface area contributed by atoms with Gasteiger partial charge >= 0.3 is 5.97 Å². The van der Waals surface area contributed by atoms with Crippen molar-refractivity contribution in [3.63, 3.8) is 0 Å². The Morgan fingerprint density at radius 1 is 1.19 bits per heavy atom. The number of nitrogens with zero attached hydrogens (tertiary/aromatic N) is 3. The number of H-pyrrole nitrogens is 1. The summed E-state index contributed by atoms with van der Waals surface area (Å²) in [6.45, 7) is 1.67. The molecular formula is C21H21N5O5S. The summed E-state index contributed by atoms with van der Waals surface area (Å²) < 4.78 is 4.73. The van der Waals surface area contributed by atoms with E-state index < -0.39 is 11.5 Å². The van der Waals surface area contributed by atoms with Gasteiger partial charge in [0, 0.05) is 31.0 Å². The number of carbonyl (C=O) groups excluding carboxylic acids is 3. The fourth-order valence-electron chi connectivity index (χ4n) is 2.90. The smallest absolute Gasteiger partial charge is 0.338 e. The molecule has 0 fully saturated rings. The topological polar surface area (TPSA) is 134 Å². The van der Waals surface area contributed by atoms with Gasteiger partial charge in [-0.15, -0.1) is 0 Å². The number of hydrogen-bond donors (Lipinski definition) is 2. The van der Waals surface area contributed by atoms with Crippen molar-refractivity contribution in [2.24, 2.45) is 0 Å². The van der Waals surface area contributed by atoms with Crippen molar-refractivity contribution in [3.05, 3.63) is 57.5 Å². The number of aromatic amines is 1. The molecule has 3 rings (SSSR count). The summed E-state index contributed by atoms with van der Waals surface area (Å²) in [7, 11) is 4.51. The van der Waals surface area contributed by atoms with Crippen molar-refractivity contribution in [1.82, 2.24) is 19.9 Å². The van der Waals surface area contributed by atoms with Crippen LogP contribution in [0.3, 0.4) is 0 Å². The lowest BCUT2D eigenvalue weighted by atomic mass is 10.1. The number of esters is 1. The largest absolute Gasteiger partial charge is 0.465 e. The van der Waals surface area contributed by atoms with Crippen molar-refractivity contribution in [3.8, 4) is 0 Å². The van der Waals surface area contributed by atoms with E-state index >= 15 is 0 Å². The number of rotatable bonds is 6. The maximum atomic E-state index is 12.6. The SMILES string of the molecule is COC(=O)c1cc(C)nc2nc(SCC(=O)Nc3cccc(C(=O)N(C)C)c3)[nH]c(=O)c12. The fourth-order valence-corrected chi connectivity index (χ4v) is 3.56. The van der Waals surface area contributed by atoms with E-state index in [9.17, 15) is 19.2 Å². The van der Waals surface area contributed by atoms with Crippen molar-refractivity contribution >= 4 is 46.3 Å². The lowest BCUT2D eigenvalue weighted by Crippen LogP contribution is -2.22. The van der Waals surface area contributed by atoms with Crippen molar-refractivity contribution in [2.75, 3.05) is 32.3 Å². The average molecular weight is 455 g/mol. The van der Waals surface area contributed by atoms with E-state index in [-0.39, 0.29) is 39.3 Å². The number of carbonyl (C=O) groups is 3. The second-order valence-corrected chi connectivity index (χ2v) is 7.95. The number of aryl methyl sites for hydroxylation is 1. The molecule has 32 heavy (non-hydrogen) atoms. The molecule has 1 aromatic carbocycles. The number of anilines is 1. The molecule has 0 aliphatic carbocycles. The molecule has 0 radical (unpaired) electrons. The summed E-state index contributed by atoms with van der Waals surface area (Å²) in [4.78, 5) is 61.5. The number of benzene rings is 1. The summed E-state index contributed by atoms with van der Waals surface area (Å²) in [5.74, 6) is -1.24. The summed E-state index contributed by atoms with van der Waals surface area (Å²) in [6, 6.07) is 8.05. The first-order valence-electron chi connectivity index (χ1n) is 9.44. The van der Waals surface area contributed by atoms with Gasteiger partial charge in [0.25, 0.3) is 11.5 Å². The van der Waals surface area contributed by atoms with E-state index in [4.69, 9.17) is 4.74 Å². The zero-order valence-electron chi connectivity index (χ0n) is 17.9. The van der Waals surface area contributed by atoms with Crippen LogP contribution in [0.25, 0.3) is 11.0 Å². The molecule has 0 bridgehead atoms. The van der Waals surface area contributed by atoms with Crippen molar-refractivity contribution in [1.29, 1.82) is 0 Å². The Kier molecular flexibility index (Phi) is 6.89. The van der Waals surface area contributed by atoms with Gasteiger partial charge in [-0.25, -0.2) is 14.8 Å². The number of ether oxygens (including phenoxy) is 1. The van der Waals surface area contributed by atoms with Crippen LogP contribution >= 0.6 is 11.8 Å². The Balaban J connectivity index is 1.76. The van der Waals surface area contributed by atoms with Crippen molar-refractivity contribution < 1.29 is 19.1 Å². The van der Waals surface area contributed by atoms with E-state index in [1.165, 1.54) is 18.1 Å². The molecule has 10 nitrogen and oxygen atoms in total. The number of fused-ring (bicyclic) bond motifs is 1. The molecule has 0 unspecified atom stereocenters. The number of thioether (sulfide) groups is 1. The zero-order chi connectivity index (χ0) is 23.4. The van der Waals surface area contributed by atoms with Gasteiger partial charge in [-0.3, -0.25) is 14.4 Å². The molecular weight excluding hydrogens is 434 g/mol. The number of methoxy groups -OCH3 is 1. The molecule has 3 aromatic rings. The maximum absolute atomic E-state index is 12.6. The Labute approximate surface area is 187 Å². The molecule has 166 valence electrons. The van der Waals surface area contributed by atoms with Gasteiger partial charge in [0.1, 0.15) is 0 Å². The predicted octanol–water partition coefficient (Wildman–Crippen LogP) is 1.85. The van der Waals surface area contributed by atoms with Gasteiger partial charge in [0.05, 0.1) is 23.8 Å². The third kappa shape index (κ3) is 5.11. The molecule has 2 N–H and O–H groups in total. The normalized spacial score (nSPS) is 10.6. The van der Waals surface area contributed by atoms with Crippen LogP contribution in [0.5, 0.6) is 0 Å². The molecule has 0 saturated heterocycles. The van der Waals surface area contributed by atoms with Crippen LogP contribution in [0, 0.1) is 6.92 Å². The van der Waals surface area contributed by atoms with Gasteiger partial charge in [0.15, 0.2) is 10.8 Å². The van der Waals surface area contributed by atoms with E-state index in [1.54, 1.807) is 45.3 Å². The van der Waals surface area contributed by atoms with Gasteiger partial charge in [-0.2, -0.15) is 0 Å². The molecule has 0 spiro atoms. The van der Waals surface area contributed by atoms with Crippen LogP contribution in [0.15, 0.2) is 40.3 Å². The summed E-state index contributed by atoms with van der Waals surface area (Å²) >= 11 is 1.01.